The number of benzene rings is 1. The number of anilines is 1. The highest BCUT2D eigenvalue weighted by Gasteiger charge is 2.18. The number of hydrogen-bond acceptors (Lipinski definition) is 4. The molecule has 0 bridgehead atoms. The number of amides is 2. The maximum Gasteiger partial charge on any atom is 0.251 e. The van der Waals surface area contributed by atoms with E-state index in [2.05, 4.69) is 10.6 Å². The Labute approximate surface area is 155 Å². The zero-order chi connectivity index (χ0) is 17.5. The van der Waals surface area contributed by atoms with Gasteiger partial charge in [-0.1, -0.05) is 13.8 Å². The van der Waals surface area contributed by atoms with E-state index in [9.17, 15) is 9.59 Å². The van der Waals surface area contributed by atoms with Crippen molar-refractivity contribution < 1.29 is 14.3 Å². The van der Waals surface area contributed by atoms with Gasteiger partial charge in [-0.2, -0.15) is 0 Å². The molecule has 0 saturated carbocycles. The fourth-order valence-corrected chi connectivity index (χ4v) is 2.67. The summed E-state index contributed by atoms with van der Waals surface area (Å²) in [5.41, 5.74) is 7.08. The molecule has 0 aromatic heterocycles. The van der Waals surface area contributed by atoms with Crippen LogP contribution in [0.2, 0.25) is 0 Å². The van der Waals surface area contributed by atoms with Gasteiger partial charge in [-0.05, 0) is 49.4 Å². The molecule has 0 radical (unpaired) electrons. The van der Waals surface area contributed by atoms with Gasteiger partial charge in [-0.25, -0.2) is 0 Å². The molecule has 1 aromatic carbocycles. The molecule has 140 valence electrons. The number of carbonyl (C=O) groups is 2. The molecule has 0 aliphatic carbocycles. The van der Waals surface area contributed by atoms with Crippen molar-refractivity contribution in [3.05, 3.63) is 29.8 Å². The normalized spacial score (nSPS) is 16.0. The van der Waals surface area contributed by atoms with E-state index in [1.54, 1.807) is 24.3 Å². The van der Waals surface area contributed by atoms with E-state index < -0.39 is 6.04 Å². The van der Waals surface area contributed by atoms with Crippen LogP contribution in [-0.4, -0.2) is 37.1 Å². The van der Waals surface area contributed by atoms with Gasteiger partial charge in [0.15, 0.2) is 0 Å². The van der Waals surface area contributed by atoms with Crippen LogP contribution in [0, 0.1) is 5.92 Å². The molecule has 2 rings (SSSR count). The van der Waals surface area contributed by atoms with Crippen molar-refractivity contribution in [3.63, 3.8) is 0 Å². The van der Waals surface area contributed by atoms with Crippen LogP contribution in [0.1, 0.15) is 43.5 Å². The van der Waals surface area contributed by atoms with Crippen LogP contribution in [0.15, 0.2) is 24.3 Å². The third-order valence-corrected chi connectivity index (χ3v) is 4.03. The number of nitrogens with one attached hydrogen (secondary N) is 2. The number of hydrogen-bond donors (Lipinski definition) is 3. The standard InChI is InChI=1S/C18H27N3O3.ClH/c1-12(2)11-16(19)18(23)21-14-5-3-13(4-6-14)17(22)20-15-7-9-24-10-8-15;/h3-6,12,15-16H,7-11,19H2,1-2H3,(H,20,22)(H,21,23);1H/t16-;/m0./s1. The molecule has 4 N–H and O–H groups in total. The van der Waals surface area contributed by atoms with Gasteiger partial charge >= 0.3 is 0 Å². The van der Waals surface area contributed by atoms with Gasteiger partial charge in [0.05, 0.1) is 6.04 Å². The SMILES string of the molecule is CC(C)C[C@H](N)C(=O)Nc1ccc(C(=O)NC2CCOCC2)cc1.Cl. The van der Waals surface area contributed by atoms with E-state index in [-0.39, 0.29) is 30.3 Å². The van der Waals surface area contributed by atoms with E-state index in [0.29, 0.717) is 36.8 Å². The summed E-state index contributed by atoms with van der Waals surface area (Å²) in [6, 6.07) is 6.50. The summed E-state index contributed by atoms with van der Waals surface area (Å²) in [6.45, 7) is 5.43. The highest BCUT2D eigenvalue weighted by atomic mass is 35.5. The molecule has 1 aliphatic heterocycles. The van der Waals surface area contributed by atoms with Crippen LogP contribution < -0.4 is 16.4 Å². The smallest absolute Gasteiger partial charge is 0.251 e. The highest BCUT2D eigenvalue weighted by Crippen LogP contribution is 2.13. The minimum Gasteiger partial charge on any atom is -0.381 e. The summed E-state index contributed by atoms with van der Waals surface area (Å²) in [4.78, 5) is 24.2. The van der Waals surface area contributed by atoms with Gasteiger partial charge in [-0.15, -0.1) is 12.4 Å². The molecule has 0 unspecified atom stereocenters. The molecular weight excluding hydrogens is 342 g/mol. The van der Waals surface area contributed by atoms with Crippen LogP contribution in [0.25, 0.3) is 0 Å². The summed E-state index contributed by atoms with van der Waals surface area (Å²) in [5, 5.41) is 5.79. The lowest BCUT2D eigenvalue weighted by Gasteiger charge is -2.23. The van der Waals surface area contributed by atoms with Gasteiger partial charge in [0.25, 0.3) is 5.91 Å². The lowest BCUT2D eigenvalue weighted by atomic mass is 10.0. The summed E-state index contributed by atoms with van der Waals surface area (Å²) in [7, 11) is 0. The first-order valence-corrected chi connectivity index (χ1v) is 8.51. The summed E-state index contributed by atoms with van der Waals surface area (Å²) in [6.07, 6.45) is 2.32. The topological polar surface area (TPSA) is 93.5 Å². The highest BCUT2D eigenvalue weighted by molar-refractivity contribution is 5.97. The molecule has 0 spiro atoms. The molecule has 2 amide bonds. The van der Waals surface area contributed by atoms with E-state index in [1.165, 1.54) is 0 Å². The number of ether oxygens (including phenoxy) is 1. The van der Waals surface area contributed by atoms with Gasteiger partial charge in [-0.3, -0.25) is 9.59 Å². The van der Waals surface area contributed by atoms with Crippen molar-refractivity contribution in [1.82, 2.24) is 5.32 Å². The van der Waals surface area contributed by atoms with Crippen LogP contribution in [0.4, 0.5) is 5.69 Å². The van der Waals surface area contributed by atoms with Crippen molar-refractivity contribution in [2.24, 2.45) is 11.7 Å². The zero-order valence-corrected chi connectivity index (χ0v) is 15.6. The second-order valence-electron chi connectivity index (χ2n) is 6.66. The lowest BCUT2D eigenvalue weighted by molar-refractivity contribution is -0.117. The molecule has 25 heavy (non-hydrogen) atoms. The maximum absolute atomic E-state index is 12.2. The van der Waals surface area contributed by atoms with Crippen molar-refractivity contribution in [1.29, 1.82) is 0 Å². The quantitative estimate of drug-likeness (QED) is 0.717. The number of nitrogens with two attached hydrogens (primary N) is 1. The Hall–Kier alpha value is -1.63. The first-order chi connectivity index (χ1) is 11.5. The Kier molecular flexibility index (Phi) is 8.89. The minimum absolute atomic E-state index is 0. The summed E-state index contributed by atoms with van der Waals surface area (Å²) in [5.74, 6) is 0.0569. The second kappa shape index (κ2) is 10.4. The molecule has 1 heterocycles. The maximum atomic E-state index is 12.2. The molecule has 7 heteroatoms. The molecule has 1 aliphatic rings. The van der Waals surface area contributed by atoms with E-state index in [0.717, 1.165) is 12.8 Å². The third-order valence-electron chi connectivity index (χ3n) is 4.03. The van der Waals surface area contributed by atoms with E-state index in [4.69, 9.17) is 10.5 Å². The Morgan fingerprint density at radius 1 is 1.20 bits per heavy atom. The van der Waals surface area contributed by atoms with Gasteiger partial charge < -0.3 is 21.1 Å². The van der Waals surface area contributed by atoms with Crippen molar-refractivity contribution in [3.8, 4) is 0 Å². The predicted octanol–water partition coefficient (Wildman–Crippen LogP) is 2.33. The number of rotatable bonds is 6. The zero-order valence-electron chi connectivity index (χ0n) is 14.8. The Morgan fingerprint density at radius 2 is 1.80 bits per heavy atom. The van der Waals surface area contributed by atoms with Crippen LogP contribution in [0.5, 0.6) is 0 Å². The second-order valence-corrected chi connectivity index (χ2v) is 6.66. The van der Waals surface area contributed by atoms with Crippen molar-refractivity contribution >= 4 is 29.9 Å². The van der Waals surface area contributed by atoms with E-state index >= 15 is 0 Å². The Morgan fingerprint density at radius 3 is 2.36 bits per heavy atom. The van der Waals surface area contributed by atoms with Gasteiger partial charge in [0, 0.05) is 30.5 Å². The van der Waals surface area contributed by atoms with Crippen LogP contribution in [-0.2, 0) is 9.53 Å². The average Bonchev–Trinajstić information content (AvgIpc) is 2.55. The lowest BCUT2D eigenvalue weighted by Crippen LogP contribution is -2.38. The van der Waals surface area contributed by atoms with Gasteiger partial charge in [0.2, 0.25) is 5.91 Å². The van der Waals surface area contributed by atoms with Crippen LogP contribution in [0.3, 0.4) is 0 Å². The first kappa shape index (κ1) is 21.4. The Bertz CT molecular complexity index is 557. The third kappa shape index (κ3) is 7.02. The number of carbonyl (C=O) groups excluding carboxylic acids is 2. The molecule has 1 saturated heterocycles. The molecular formula is C18H28ClN3O3. The van der Waals surface area contributed by atoms with Gasteiger partial charge in [0.1, 0.15) is 0 Å². The molecule has 1 atom stereocenters. The molecule has 1 fully saturated rings. The van der Waals surface area contributed by atoms with Crippen molar-refractivity contribution in [2.45, 2.75) is 45.2 Å². The first-order valence-electron chi connectivity index (χ1n) is 8.51. The summed E-state index contributed by atoms with van der Waals surface area (Å²) < 4.78 is 5.28. The monoisotopic (exact) mass is 369 g/mol. The number of halogens is 1. The fourth-order valence-electron chi connectivity index (χ4n) is 2.67. The summed E-state index contributed by atoms with van der Waals surface area (Å²) >= 11 is 0. The largest absolute Gasteiger partial charge is 0.381 e. The predicted molar refractivity (Wildman–Crippen MR) is 101 cm³/mol. The fraction of sp³-hybridized carbons (Fsp3) is 0.556. The minimum atomic E-state index is -0.526. The Balaban J connectivity index is 0.00000312. The van der Waals surface area contributed by atoms with Crippen LogP contribution >= 0.6 is 12.4 Å². The van der Waals surface area contributed by atoms with E-state index in [1.807, 2.05) is 13.8 Å². The molecule has 6 nitrogen and oxygen atoms in total. The molecule has 1 aromatic rings. The van der Waals surface area contributed by atoms with Crippen molar-refractivity contribution in [2.75, 3.05) is 18.5 Å². The average molecular weight is 370 g/mol.